The zero-order chi connectivity index (χ0) is 58.8. The molecule has 74 heavy (non-hydrogen) atoms. The second-order valence-corrected chi connectivity index (χ2v) is 16.0. The molecule has 1 N–H and O–H groups in total. The van der Waals surface area contributed by atoms with Gasteiger partial charge in [0.2, 0.25) is 5.91 Å². The minimum atomic E-state index is -9.04. The van der Waals surface area contributed by atoms with Gasteiger partial charge in [0, 0.05) is 31.3 Å². The molecule has 0 heterocycles. The van der Waals surface area contributed by atoms with Crippen molar-refractivity contribution in [2.75, 3.05) is 6.54 Å². The average molecular weight is 1190 g/mol. The number of unbranched alkanes of at least 4 members (excludes halogenated alkanes) is 7. The summed E-state index contributed by atoms with van der Waals surface area (Å²) in [5.74, 6) is -125. The van der Waals surface area contributed by atoms with Gasteiger partial charge in [-0.1, -0.05) is 38.5 Å². The van der Waals surface area contributed by atoms with Crippen LogP contribution in [0.1, 0.15) is 96.3 Å². The molecule has 0 atom stereocenters. The summed E-state index contributed by atoms with van der Waals surface area (Å²) in [6.45, 7) is -0.676. The van der Waals surface area contributed by atoms with Gasteiger partial charge in [-0.05, 0) is 44.9 Å². The first-order valence-corrected chi connectivity index (χ1v) is 19.8. The molecule has 0 unspecified atom stereocenters. The first-order valence-electron chi connectivity index (χ1n) is 19.8. The molecule has 0 saturated carbocycles. The number of halogens is 34. The number of nitrogens with one attached hydrogen (secondary N) is 1. The third-order valence-electron chi connectivity index (χ3n) is 10.6. The van der Waals surface area contributed by atoms with E-state index in [1.165, 1.54) is 0 Å². The molecule has 436 valence electrons. The second kappa shape index (κ2) is 23.9. The van der Waals surface area contributed by atoms with Crippen molar-refractivity contribution >= 4 is 11.9 Å². The van der Waals surface area contributed by atoms with Crippen molar-refractivity contribution in [1.82, 2.24) is 5.32 Å². The molecule has 4 nitrogen and oxygen atoms in total. The smallest absolute Gasteiger partial charge is 0.550 e. The van der Waals surface area contributed by atoms with Gasteiger partial charge in [0.15, 0.2) is 0 Å². The molecule has 0 aromatic rings. The summed E-state index contributed by atoms with van der Waals surface area (Å²) in [5.41, 5.74) is 0. The van der Waals surface area contributed by atoms with Crippen LogP contribution in [0.15, 0.2) is 0 Å². The fraction of sp³-hybridized carbons (Fsp3) is 0.943. The number of carboxylic acids is 1. The standard InChI is InChI=1S/C35H35F34NO3.Na/c36-20(37,22(40,41)24(44,45)26(48,49)28(52,53)30(56,57)32(60,61)34(64,65)66)14-9-11-17(19(73)70-16-8-6-4-2-1-3-5-7-13-18(71)72)12-10-15-21(38,39)23(42,43)25(46,47)27(50,51)29(54,55)31(58,59)33(62,63)35(67,68)69;/h17H,1-16H2,(H,70,73)(H,71,72);/q;+1/p-1. The van der Waals surface area contributed by atoms with E-state index in [-0.39, 0.29) is 61.7 Å². The zero-order valence-corrected chi connectivity index (χ0v) is 38.5. The minimum absolute atomic E-state index is 0. The van der Waals surface area contributed by atoms with Gasteiger partial charge in [-0.15, -0.1) is 0 Å². The molecular formula is C35H34F34NNaO3. The van der Waals surface area contributed by atoms with Crippen LogP contribution in [0.25, 0.3) is 0 Å². The number of hydrogen-bond acceptors (Lipinski definition) is 3. The van der Waals surface area contributed by atoms with Crippen molar-refractivity contribution in [3.63, 3.8) is 0 Å². The van der Waals surface area contributed by atoms with Crippen LogP contribution in [0.3, 0.4) is 0 Å². The van der Waals surface area contributed by atoms with E-state index in [2.05, 4.69) is 0 Å². The van der Waals surface area contributed by atoms with Crippen molar-refractivity contribution in [3.05, 3.63) is 0 Å². The van der Waals surface area contributed by atoms with Gasteiger partial charge < -0.3 is 15.2 Å². The number of rotatable bonds is 32. The summed E-state index contributed by atoms with van der Waals surface area (Å²) in [4.78, 5) is 23.2. The largest absolute Gasteiger partial charge is 1.00 e. The monoisotopic (exact) mass is 1190 g/mol. The normalized spacial score (nSPS) is 15.4. The molecule has 0 spiro atoms. The zero-order valence-electron chi connectivity index (χ0n) is 36.5. The topological polar surface area (TPSA) is 69.2 Å². The van der Waals surface area contributed by atoms with E-state index in [0.29, 0.717) is 25.7 Å². The molecule has 0 fully saturated rings. The van der Waals surface area contributed by atoms with E-state index in [1.807, 2.05) is 0 Å². The minimum Gasteiger partial charge on any atom is -0.550 e. The summed E-state index contributed by atoms with van der Waals surface area (Å²) in [7, 11) is 0. The number of alkyl halides is 34. The molecule has 0 aliphatic carbocycles. The van der Waals surface area contributed by atoms with Gasteiger partial charge in [0.1, 0.15) is 0 Å². The van der Waals surface area contributed by atoms with Crippen molar-refractivity contribution in [1.29, 1.82) is 0 Å². The molecule has 0 saturated heterocycles. The Morgan fingerprint density at radius 1 is 0.324 bits per heavy atom. The number of amides is 1. The molecule has 0 aromatic carbocycles. The summed E-state index contributed by atoms with van der Waals surface area (Å²) in [5, 5.41) is 12.1. The Balaban J connectivity index is 0. The quantitative estimate of drug-likeness (QED) is 0.0415. The van der Waals surface area contributed by atoms with Crippen molar-refractivity contribution in [2.24, 2.45) is 5.92 Å². The van der Waals surface area contributed by atoms with E-state index in [4.69, 9.17) is 0 Å². The number of carbonyl (C=O) groups is 2. The first kappa shape index (κ1) is 73.6. The second-order valence-electron chi connectivity index (χ2n) is 16.0. The molecule has 0 aliphatic rings. The Bertz CT molecular complexity index is 1710. The molecule has 0 bridgehead atoms. The van der Waals surface area contributed by atoms with Crippen LogP contribution in [0.4, 0.5) is 149 Å². The van der Waals surface area contributed by atoms with E-state index < -0.39 is 158 Å². The Morgan fingerprint density at radius 2 is 0.554 bits per heavy atom. The van der Waals surface area contributed by atoms with Crippen molar-refractivity contribution < 1.29 is 194 Å². The molecule has 1 amide bonds. The summed E-state index contributed by atoms with van der Waals surface area (Å²) < 4.78 is 464. The maximum absolute atomic E-state index is 14.5. The van der Waals surface area contributed by atoms with Gasteiger partial charge in [0.25, 0.3) is 0 Å². The predicted octanol–water partition coefficient (Wildman–Crippen LogP) is 11.3. The molecule has 0 rings (SSSR count). The SMILES string of the molecule is O=C([O-])CCCCCCCCCCNC(=O)C(CCCC(F)(F)C(F)(F)C(F)(F)C(F)(F)C(F)(F)C(F)(F)C(F)(F)C(F)(F)F)CCCC(F)(F)C(F)(F)C(F)(F)C(F)(F)C(F)(F)C(F)(F)C(F)(F)C(F)(F)F.[Na+]. The average Bonchev–Trinajstić information content (AvgIpc) is 3.20. The van der Waals surface area contributed by atoms with Crippen LogP contribution in [0.2, 0.25) is 0 Å². The van der Waals surface area contributed by atoms with Crippen molar-refractivity contribution in [2.45, 2.75) is 192 Å². The fourth-order valence-electron chi connectivity index (χ4n) is 6.07. The number of aliphatic carboxylic acids is 1. The van der Waals surface area contributed by atoms with Crippen LogP contribution in [-0.2, 0) is 9.59 Å². The van der Waals surface area contributed by atoms with Crippen LogP contribution < -0.4 is 40.0 Å². The Labute approximate surface area is 414 Å². The third kappa shape index (κ3) is 13.5. The van der Waals surface area contributed by atoms with E-state index >= 15 is 0 Å². The summed E-state index contributed by atoms with van der Waals surface area (Å²) in [6, 6.07) is 0. The first-order chi connectivity index (χ1) is 31.9. The van der Waals surface area contributed by atoms with Gasteiger partial charge in [0.05, 0.1) is 0 Å². The van der Waals surface area contributed by atoms with E-state index in [1.54, 1.807) is 5.32 Å². The molecule has 0 radical (unpaired) electrons. The maximum atomic E-state index is 14.5. The maximum Gasteiger partial charge on any atom is 1.00 e. The van der Waals surface area contributed by atoms with Crippen LogP contribution in [0, 0.1) is 5.92 Å². The molecule has 0 aromatic heterocycles. The molecule has 0 aliphatic heterocycles. The van der Waals surface area contributed by atoms with Crippen LogP contribution in [0.5, 0.6) is 0 Å². The predicted molar refractivity (Wildman–Crippen MR) is 172 cm³/mol. The van der Waals surface area contributed by atoms with E-state index in [0.717, 1.165) is 0 Å². The Kier molecular flexibility index (Phi) is 23.8. The summed E-state index contributed by atoms with van der Waals surface area (Å²) in [6.07, 6.45) is -29.1. The number of carboxylic acid groups (broad SMARTS) is 1. The Hall–Kier alpha value is -2.44. The van der Waals surface area contributed by atoms with Gasteiger partial charge >= 0.3 is 125 Å². The third-order valence-corrected chi connectivity index (χ3v) is 10.6. The number of carbonyl (C=O) groups excluding carboxylic acids is 2. The number of hydrogen-bond donors (Lipinski definition) is 1. The summed E-state index contributed by atoms with van der Waals surface area (Å²) >= 11 is 0. The molecule has 39 heteroatoms. The van der Waals surface area contributed by atoms with Gasteiger partial charge in [-0.3, -0.25) is 4.79 Å². The van der Waals surface area contributed by atoms with Crippen LogP contribution >= 0.6 is 0 Å². The van der Waals surface area contributed by atoms with E-state index in [9.17, 15) is 164 Å². The van der Waals surface area contributed by atoms with Gasteiger partial charge in [-0.2, -0.15) is 149 Å². The van der Waals surface area contributed by atoms with Crippen molar-refractivity contribution in [3.8, 4) is 0 Å². The van der Waals surface area contributed by atoms with Crippen LogP contribution in [-0.4, -0.2) is 114 Å². The Morgan fingerprint density at radius 3 is 0.811 bits per heavy atom. The molecular weight excluding hydrogens is 1150 g/mol. The fourth-order valence-corrected chi connectivity index (χ4v) is 6.07. The van der Waals surface area contributed by atoms with Gasteiger partial charge in [-0.25, -0.2) is 0 Å².